The van der Waals surface area contributed by atoms with Gasteiger partial charge in [0.1, 0.15) is 5.75 Å². The Bertz CT molecular complexity index is 667. The van der Waals surface area contributed by atoms with Gasteiger partial charge < -0.3 is 10.1 Å². The third-order valence-corrected chi connectivity index (χ3v) is 5.77. The van der Waals surface area contributed by atoms with Gasteiger partial charge in [-0.2, -0.15) is 0 Å². The normalized spacial score (nSPS) is 15.9. The quantitative estimate of drug-likeness (QED) is 0.787. The highest BCUT2D eigenvalue weighted by Crippen LogP contribution is 2.25. The van der Waals surface area contributed by atoms with Crippen LogP contribution in [0.4, 0.5) is 0 Å². The molecule has 1 aliphatic rings. The number of hydrogen-bond acceptors (Lipinski definition) is 4. The van der Waals surface area contributed by atoms with Gasteiger partial charge in [-0.05, 0) is 43.9 Å². The minimum atomic E-state index is -3.64. The Morgan fingerprint density at radius 2 is 1.96 bits per heavy atom. The number of hydrogen-bond donors (Lipinski definition) is 2. The minimum Gasteiger partial charge on any atom is -0.496 e. The van der Waals surface area contributed by atoms with Crippen molar-refractivity contribution in [3.05, 3.63) is 23.8 Å². The summed E-state index contributed by atoms with van der Waals surface area (Å²) < 4.78 is 32.9. The molecule has 2 rings (SSSR count). The fraction of sp³-hybridized carbons (Fsp3) is 0.588. The molecule has 1 aromatic rings. The van der Waals surface area contributed by atoms with Gasteiger partial charge >= 0.3 is 0 Å². The fourth-order valence-electron chi connectivity index (χ4n) is 2.99. The van der Waals surface area contributed by atoms with E-state index >= 15 is 0 Å². The predicted octanol–water partition coefficient (Wildman–Crippen LogP) is 2.30. The molecule has 0 heterocycles. The van der Waals surface area contributed by atoms with Crippen molar-refractivity contribution in [3.8, 4) is 5.75 Å². The Kier molecular flexibility index (Phi) is 6.62. The van der Waals surface area contributed by atoms with Crippen molar-refractivity contribution in [2.45, 2.75) is 43.9 Å². The maximum Gasteiger partial charge on any atom is 0.255 e. The van der Waals surface area contributed by atoms with Gasteiger partial charge in [-0.25, -0.2) is 13.1 Å². The zero-order valence-corrected chi connectivity index (χ0v) is 15.1. The maximum atomic E-state index is 12.5. The van der Waals surface area contributed by atoms with Gasteiger partial charge in [0.25, 0.3) is 5.91 Å². The predicted molar refractivity (Wildman–Crippen MR) is 92.8 cm³/mol. The second-order valence-electron chi connectivity index (χ2n) is 6.08. The summed E-state index contributed by atoms with van der Waals surface area (Å²) in [6.07, 6.45) is 5.69. The lowest BCUT2D eigenvalue weighted by molar-refractivity contribution is 0.0952. The van der Waals surface area contributed by atoms with E-state index in [1.165, 1.54) is 31.7 Å². The van der Waals surface area contributed by atoms with E-state index in [4.69, 9.17) is 4.74 Å². The summed E-state index contributed by atoms with van der Waals surface area (Å²) in [4.78, 5) is 12.2. The molecule has 2 N–H and O–H groups in total. The average Bonchev–Trinajstić information content (AvgIpc) is 2.60. The second kappa shape index (κ2) is 8.48. The molecule has 1 fully saturated rings. The molecule has 7 heteroatoms. The van der Waals surface area contributed by atoms with E-state index in [9.17, 15) is 13.2 Å². The van der Waals surface area contributed by atoms with Gasteiger partial charge in [0, 0.05) is 13.1 Å². The molecule has 1 aliphatic carbocycles. The topological polar surface area (TPSA) is 84.5 Å². The lowest BCUT2D eigenvalue weighted by Gasteiger charge is -2.21. The van der Waals surface area contributed by atoms with Gasteiger partial charge in [-0.3, -0.25) is 4.79 Å². The smallest absolute Gasteiger partial charge is 0.255 e. The second-order valence-corrected chi connectivity index (χ2v) is 7.84. The number of carbonyl (C=O) groups excluding carboxylic acids is 1. The third-order valence-electron chi connectivity index (χ3n) is 4.35. The van der Waals surface area contributed by atoms with Gasteiger partial charge in [-0.1, -0.05) is 19.3 Å². The van der Waals surface area contributed by atoms with Crippen molar-refractivity contribution in [2.24, 2.45) is 5.92 Å². The first-order valence-corrected chi connectivity index (χ1v) is 9.92. The van der Waals surface area contributed by atoms with Crippen LogP contribution in [0.5, 0.6) is 5.75 Å². The Labute approximate surface area is 144 Å². The molecule has 0 aliphatic heterocycles. The first-order chi connectivity index (χ1) is 11.5. The number of rotatable bonds is 7. The largest absolute Gasteiger partial charge is 0.496 e. The van der Waals surface area contributed by atoms with Crippen molar-refractivity contribution in [3.63, 3.8) is 0 Å². The van der Waals surface area contributed by atoms with Gasteiger partial charge in [0.05, 0.1) is 17.6 Å². The van der Waals surface area contributed by atoms with Crippen LogP contribution in [0.3, 0.4) is 0 Å². The van der Waals surface area contributed by atoms with Crippen LogP contribution in [0.2, 0.25) is 0 Å². The van der Waals surface area contributed by atoms with Gasteiger partial charge in [0.15, 0.2) is 0 Å². The standard InChI is InChI=1S/C17H26N2O4S/c1-3-18-17(20)15-11-14(9-10-16(15)23-2)24(21,22)19-12-13-7-5-4-6-8-13/h9-11,13,19H,3-8,12H2,1-2H3,(H,18,20). The Morgan fingerprint density at radius 3 is 2.58 bits per heavy atom. The molecule has 6 nitrogen and oxygen atoms in total. The van der Waals surface area contributed by atoms with Gasteiger partial charge in [-0.15, -0.1) is 0 Å². The van der Waals surface area contributed by atoms with Crippen LogP contribution in [0.15, 0.2) is 23.1 Å². The third kappa shape index (κ3) is 4.70. The zero-order chi connectivity index (χ0) is 17.6. The van der Waals surface area contributed by atoms with E-state index in [0.717, 1.165) is 25.7 Å². The van der Waals surface area contributed by atoms with Crippen molar-refractivity contribution in [1.29, 1.82) is 0 Å². The summed E-state index contributed by atoms with van der Waals surface area (Å²) >= 11 is 0. The molecule has 134 valence electrons. The highest BCUT2D eigenvalue weighted by atomic mass is 32.2. The molecule has 1 saturated carbocycles. The number of nitrogens with one attached hydrogen (secondary N) is 2. The van der Waals surface area contributed by atoms with Crippen LogP contribution in [-0.4, -0.2) is 34.5 Å². The SMILES string of the molecule is CCNC(=O)c1cc(S(=O)(=O)NCC2CCCCC2)ccc1OC. The first-order valence-electron chi connectivity index (χ1n) is 8.44. The Morgan fingerprint density at radius 1 is 1.25 bits per heavy atom. The summed E-state index contributed by atoms with van der Waals surface area (Å²) in [5, 5.41) is 2.66. The molecule has 1 aromatic carbocycles. The van der Waals surface area contributed by atoms with Crippen molar-refractivity contribution in [2.75, 3.05) is 20.2 Å². The van der Waals surface area contributed by atoms with E-state index in [1.54, 1.807) is 6.92 Å². The number of amides is 1. The number of ether oxygens (including phenoxy) is 1. The first kappa shape index (κ1) is 18.7. The Balaban J connectivity index is 2.16. The molecule has 0 aromatic heterocycles. The summed E-state index contributed by atoms with van der Waals surface area (Å²) in [6, 6.07) is 4.34. The molecule has 0 atom stereocenters. The fourth-order valence-corrected chi connectivity index (χ4v) is 4.13. The summed E-state index contributed by atoms with van der Waals surface area (Å²) in [6.45, 7) is 2.71. The average molecular weight is 354 g/mol. The van der Waals surface area contributed by atoms with E-state index in [0.29, 0.717) is 24.8 Å². The van der Waals surface area contributed by atoms with E-state index < -0.39 is 10.0 Å². The monoisotopic (exact) mass is 354 g/mol. The molecule has 0 spiro atoms. The molecular weight excluding hydrogens is 328 g/mol. The van der Waals surface area contributed by atoms with E-state index in [1.807, 2.05) is 0 Å². The number of sulfonamides is 1. The van der Waals surface area contributed by atoms with Crippen LogP contribution in [0.1, 0.15) is 49.4 Å². The van der Waals surface area contributed by atoms with E-state index in [-0.39, 0.29) is 16.4 Å². The van der Waals surface area contributed by atoms with Gasteiger partial charge in [0.2, 0.25) is 10.0 Å². The van der Waals surface area contributed by atoms with Crippen molar-refractivity contribution >= 4 is 15.9 Å². The summed E-state index contributed by atoms with van der Waals surface area (Å²) in [5.74, 6) is 0.403. The lowest BCUT2D eigenvalue weighted by atomic mass is 9.90. The zero-order valence-electron chi connectivity index (χ0n) is 14.3. The molecule has 0 radical (unpaired) electrons. The Hall–Kier alpha value is -1.60. The van der Waals surface area contributed by atoms with Crippen LogP contribution >= 0.6 is 0 Å². The maximum absolute atomic E-state index is 12.5. The molecular formula is C17H26N2O4S. The van der Waals surface area contributed by atoms with Crippen molar-refractivity contribution < 1.29 is 17.9 Å². The molecule has 0 saturated heterocycles. The molecule has 0 unspecified atom stereocenters. The lowest BCUT2D eigenvalue weighted by Crippen LogP contribution is -2.30. The molecule has 1 amide bonds. The van der Waals surface area contributed by atoms with Crippen molar-refractivity contribution in [1.82, 2.24) is 10.0 Å². The minimum absolute atomic E-state index is 0.0837. The molecule has 24 heavy (non-hydrogen) atoms. The van der Waals surface area contributed by atoms with Crippen LogP contribution < -0.4 is 14.8 Å². The highest BCUT2D eigenvalue weighted by molar-refractivity contribution is 7.89. The highest BCUT2D eigenvalue weighted by Gasteiger charge is 2.21. The number of carbonyl (C=O) groups is 1. The van der Waals surface area contributed by atoms with E-state index in [2.05, 4.69) is 10.0 Å². The summed E-state index contributed by atoms with van der Waals surface area (Å²) in [7, 11) is -2.19. The molecule has 0 bridgehead atoms. The van der Waals surface area contributed by atoms with Crippen LogP contribution in [0.25, 0.3) is 0 Å². The number of methoxy groups -OCH3 is 1. The van der Waals surface area contributed by atoms with Crippen LogP contribution in [-0.2, 0) is 10.0 Å². The van der Waals surface area contributed by atoms with Crippen LogP contribution in [0, 0.1) is 5.92 Å². The number of benzene rings is 1. The summed E-state index contributed by atoms with van der Waals surface area (Å²) in [5.41, 5.74) is 0.222.